The minimum Gasteiger partial charge on any atom is -0.103 e. The number of benzene rings is 2. The fourth-order valence-corrected chi connectivity index (χ4v) is 21.4. The molecule has 7 aliphatic rings. The smallest absolute Gasteiger partial charge is 0.103 e. The number of fused-ring (bicyclic) bond motifs is 6. The van der Waals surface area contributed by atoms with Crippen molar-refractivity contribution in [3.8, 4) is 0 Å². The first-order valence-corrected chi connectivity index (χ1v) is 24.3. The maximum atomic E-state index is 4.20. The minimum atomic E-state index is -2.62. The van der Waals surface area contributed by atoms with Crippen LogP contribution in [0.2, 0.25) is 11.1 Å². The van der Waals surface area contributed by atoms with Crippen LogP contribution in [0.25, 0.3) is 0 Å². The number of allylic oxidation sites excluding steroid dienone is 13. The normalized spacial score (nSPS) is 35.8. The lowest BCUT2D eigenvalue weighted by Gasteiger charge is -2.52. The Morgan fingerprint density at radius 1 is 0.545 bits per heavy atom. The molecule has 4 fully saturated rings. The van der Waals surface area contributed by atoms with Crippen LogP contribution in [0.4, 0.5) is 0 Å². The molecule has 0 aliphatic heterocycles. The van der Waals surface area contributed by atoms with Crippen LogP contribution in [-0.4, -0.2) is 8.07 Å². The topological polar surface area (TPSA) is 0 Å². The predicted molar refractivity (Wildman–Crippen MR) is 238 cm³/mol. The predicted octanol–water partition coefficient (Wildman–Crippen LogP) is 13.2. The van der Waals surface area contributed by atoms with E-state index in [0.29, 0.717) is 52.5 Å². The van der Waals surface area contributed by atoms with E-state index in [2.05, 4.69) is 177 Å². The van der Waals surface area contributed by atoms with Crippen molar-refractivity contribution in [1.29, 1.82) is 0 Å². The minimum absolute atomic E-state index is 0.189. The van der Waals surface area contributed by atoms with E-state index in [-0.39, 0.29) is 21.7 Å². The molecule has 7 aliphatic carbocycles. The van der Waals surface area contributed by atoms with Crippen LogP contribution >= 0.6 is 0 Å². The monoisotopic (exact) mass is 745 g/mol. The second-order valence-electron chi connectivity index (χ2n) is 21.7. The van der Waals surface area contributed by atoms with E-state index in [1.54, 1.807) is 32.7 Å². The lowest BCUT2D eigenvalue weighted by atomic mass is 9.56. The van der Waals surface area contributed by atoms with Crippen LogP contribution in [0.3, 0.4) is 0 Å². The molecule has 0 nitrogen and oxygen atoms in total. The van der Waals surface area contributed by atoms with E-state index in [1.807, 2.05) is 0 Å². The van der Waals surface area contributed by atoms with Gasteiger partial charge in [0.25, 0.3) is 0 Å². The highest BCUT2D eigenvalue weighted by Crippen LogP contribution is 2.69. The molecule has 9 rings (SSSR count). The van der Waals surface area contributed by atoms with Crippen molar-refractivity contribution in [2.24, 2.45) is 63.1 Å². The maximum Gasteiger partial charge on any atom is 0.125 e. The summed E-state index contributed by atoms with van der Waals surface area (Å²) in [5.41, 5.74) is 8.68. The third-order valence-electron chi connectivity index (χ3n) is 17.0. The standard InChI is InChI=1S/C54H68Si/c1-10-11-20-36-31-49(40-26-19-18-25-39(36)40)55(37-21-14-12-15-22-37,38-23-16-13-17-24-38)50-43-34-47-45(51(2,3)27-29-53(47,6)7)32-41(43)42-33-46-48(35-44(42)50)54(8,9)30-28-52(46,4)5/h10,12-19,21-26,32-36,39-44,49-50H,1,11,20,27-31H2,2-9H3. The summed E-state index contributed by atoms with van der Waals surface area (Å²) in [5.74, 6) is 3.89. The largest absolute Gasteiger partial charge is 0.125 e. The lowest BCUT2D eigenvalue weighted by Crippen LogP contribution is -2.67. The molecule has 0 bridgehead atoms. The summed E-state index contributed by atoms with van der Waals surface area (Å²) in [6.07, 6.45) is 32.7. The van der Waals surface area contributed by atoms with E-state index in [0.717, 1.165) is 6.42 Å². The molecular weight excluding hydrogens is 677 g/mol. The summed E-state index contributed by atoms with van der Waals surface area (Å²) in [5, 5.41) is 3.35. The van der Waals surface area contributed by atoms with Gasteiger partial charge in [0.15, 0.2) is 0 Å². The van der Waals surface area contributed by atoms with Gasteiger partial charge in [0.1, 0.15) is 8.07 Å². The van der Waals surface area contributed by atoms with E-state index >= 15 is 0 Å². The van der Waals surface area contributed by atoms with Crippen LogP contribution in [-0.2, 0) is 0 Å². The number of hydrogen-bond acceptors (Lipinski definition) is 0. The number of rotatable bonds is 7. The molecule has 0 heterocycles. The first-order chi connectivity index (χ1) is 26.2. The zero-order valence-electron chi connectivity index (χ0n) is 35.3. The third-order valence-corrected chi connectivity index (χ3v) is 23.2. The molecule has 0 aromatic heterocycles. The Morgan fingerprint density at radius 2 is 0.945 bits per heavy atom. The van der Waals surface area contributed by atoms with Gasteiger partial charge in [0, 0.05) is 0 Å². The molecule has 8 atom stereocenters. The first-order valence-electron chi connectivity index (χ1n) is 22.2. The highest BCUT2D eigenvalue weighted by molar-refractivity contribution is 7.04. The molecular formula is C54H68Si. The summed E-state index contributed by atoms with van der Waals surface area (Å²) in [4.78, 5) is 0. The fraction of sp³-hybridized carbons (Fsp3) is 0.519. The van der Waals surface area contributed by atoms with Crippen molar-refractivity contribution < 1.29 is 0 Å². The van der Waals surface area contributed by atoms with Gasteiger partial charge in [-0.05, 0) is 141 Å². The second kappa shape index (κ2) is 13.2. The first kappa shape index (κ1) is 37.4. The molecule has 4 saturated carbocycles. The summed E-state index contributed by atoms with van der Waals surface area (Å²) in [6.45, 7) is 24.7. The van der Waals surface area contributed by atoms with E-state index in [1.165, 1.54) is 38.5 Å². The van der Waals surface area contributed by atoms with Crippen LogP contribution in [0.5, 0.6) is 0 Å². The van der Waals surface area contributed by atoms with Gasteiger partial charge in [-0.3, -0.25) is 0 Å². The number of hydrogen-bond donors (Lipinski definition) is 0. The van der Waals surface area contributed by atoms with Crippen molar-refractivity contribution in [3.63, 3.8) is 0 Å². The molecule has 2 aromatic rings. The van der Waals surface area contributed by atoms with Gasteiger partial charge in [-0.2, -0.15) is 0 Å². The highest BCUT2D eigenvalue weighted by Gasteiger charge is 2.66. The summed E-state index contributed by atoms with van der Waals surface area (Å²) < 4.78 is 0. The van der Waals surface area contributed by atoms with Gasteiger partial charge in [0.2, 0.25) is 0 Å². The molecule has 55 heavy (non-hydrogen) atoms. The molecule has 0 N–H and O–H groups in total. The molecule has 0 saturated heterocycles. The van der Waals surface area contributed by atoms with E-state index in [9.17, 15) is 0 Å². The van der Waals surface area contributed by atoms with Gasteiger partial charge < -0.3 is 0 Å². The molecule has 288 valence electrons. The Kier molecular flexibility index (Phi) is 8.97. The lowest BCUT2D eigenvalue weighted by molar-refractivity contribution is 0.244. The van der Waals surface area contributed by atoms with Gasteiger partial charge >= 0.3 is 0 Å². The van der Waals surface area contributed by atoms with Gasteiger partial charge in [-0.1, -0.05) is 181 Å². The average molecular weight is 745 g/mol. The van der Waals surface area contributed by atoms with Gasteiger partial charge in [-0.25, -0.2) is 0 Å². The Balaban J connectivity index is 1.36. The molecule has 2 aromatic carbocycles. The molecule has 8 unspecified atom stereocenters. The van der Waals surface area contributed by atoms with Gasteiger partial charge in [0.05, 0.1) is 0 Å². The van der Waals surface area contributed by atoms with Crippen LogP contribution in [0.15, 0.2) is 144 Å². The van der Waals surface area contributed by atoms with Crippen molar-refractivity contribution in [3.05, 3.63) is 144 Å². The summed E-state index contributed by atoms with van der Waals surface area (Å²) in [6, 6.07) is 24.5. The quantitative estimate of drug-likeness (QED) is 0.196. The van der Waals surface area contributed by atoms with Crippen LogP contribution in [0, 0.1) is 63.1 Å². The average Bonchev–Trinajstić information content (AvgIpc) is 3.71. The zero-order chi connectivity index (χ0) is 38.5. The van der Waals surface area contributed by atoms with Crippen molar-refractivity contribution in [2.45, 2.75) is 111 Å². The molecule has 0 spiro atoms. The Morgan fingerprint density at radius 3 is 1.36 bits per heavy atom. The van der Waals surface area contributed by atoms with Crippen molar-refractivity contribution in [1.82, 2.24) is 0 Å². The van der Waals surface area contributed by atoms with Crippen molar-refractivity contribution in [2.75, 3.05) is 0 Å². The van der Waals surface area contributed by atoms with E-state index < -0.39 is 8.07 Å². The summed E-state index contributed by atoms with van der Waals surface area (Å²) >= 11 is 0. The molecule has 0 amide bonds. The molecule has 0 radical (unpaired) electrons. The van der Waals surface area contributed by atoms with Crippen molar-refractivity contribution >= 4 is 18.4 Å². The Hall–Kier alpha value is -3.16. The third kappa shape index (κ3) is 5.70. The second-order valence-corrected chi connectivity index (χ2v) is 26.0. The fourth-order valence-electron chi connectivity index (χ4n) is 14.0. The van der Waals surface area contributed by atoms with E-state index in [4.69, 9.17) is 0 Å². The van der Waals surface area contributed by atoms with Crippen LogP contribution in [0.1, 0.15) is 100 Å². The zero-order valence-corrected chi connectivity index (χ0v) is 36.3. The SMILES string of the molecule is C=CCCC1CC([Si](c2ccccc2)(c2ccccc2)C2C3C=C4C(=CC3C3C=C5C(=CC32)C(C)(C)CCC5(C)C)C(C)(C)CCC4(C)C)C2C=CC=CC12. The van der Waals surface area contributed by atoms with Gasteiger partial charge in [-0.15, -0.1) is 6.58 Å². The highest BCUT2D eigenvalue weighted by atomic mass is 28.3. The summed E-state index contributed by atoms with van der Waals surface area (Å²) in [7, 11) is -2.62. The Bertz CT molecular complexity index is 1890. The Labute approximate surface area is 335 Å². The van der Waals surface area contributed by atoms with Crippen LogP contribution < -0.4 is 10.4 Å². The molecule has 1 heteroatoms. The maximum absolute atomic E-state index is 4.20.